The number of hydrogen-bond acceptors (Lipinski definition) is 3. The van der Waals surface area contributed by atoms with Crippen molar-refractivity contribution >= 4 is 0 Å². The summed E-state index contributed by atoms with van der Waals surface area (Å²) in [6, 6.07) is 17.5. The molecule has 4 nitrogen and oxygen atoms in total. The zero-order valence-corrected chi connectivity index (χ0v) is 12.9. The lowest BCUT2D eigenvalue weighted by atomic mass is 10.2. The maximum atomic E-state index is 9.86. The molecule has 0 aliphatic heterocycles. The van der Waals surface area contributed by atoms with E-state index in [1.807, 2.05) is 59.9 Å². The van der Waals surface area contributed by atoms with E-state index in [9.17, 15) is 5.11 Å². The van der Waals surface area contributed by atoms with Crippen LogP contribution in [0, 0.1) is 6.92 Å². The number of nitrogens with two attached hydrogens (primary N) is 1. The second-order valence-corrected chi connectivity index (χ2v) is 5.25. The first-order valence-corrected chi connectivity index (χ1v) is 7.61. The molecule has 0 aromatic heterocycles. The number of aliphatic hydroxyl groups is 1. The number of benzene rings is 2. The highest BCUT2D eigenvalue weighted by Crippen LogP contribution is 2.10. The molecule has 0 heterocycles. The molecule has 0 unspecified atom stereocenters. The summed E-state index contributed by atoms with van der Waals surface area (Å²) >= 11 is 0. The molecule has 0 bridgehead atoms. The Balaban J connectivity index is 1.53. The van der Waals surface area contributed by atoms with Crippen molar-refractivity contribution in [2.45, 2.75) is 13.0 Å². The fourth-order valence-corrected chi connectivity index (χ4v) is 1.98. The first-order chi connectivity index (χ1) is 10.7. The second-order valence-electron chi connectivity index (χ2n) is 5.25. The lowest BCUT2D eigenvalue weighted by Crippen LogP contribution is -2.87. The van der Waals surface area contributed by atoms with Gasteiger partial charge in [-0.15, -0.1) is 0 Å². The Morgan fingerprint density at radius 2 is 1.64 bits per heavy atom. The summed E-state index contributed by atoms with van der Waals surface area (Å²) in [4.78, 5) is 0. The van der Waals surface area contributed by atoms with Gasteiger partial charge in [0, 0.05) is 0 Å². The summed E-state index contributed by atoms with van der Waals surface area (Å²) in [7, 11) is 0. The van der Waals surface area contributed by atoms with Crippen molar-refractivity contribution in [3.63, 3.8) is 0 Å². The van der Waals surface area contributed by atoms with Crippen LogP contribution in [0.25, 0.3) is 0 Å². The van der Waals surface area contributed by atoms with E-state index >= 15 is 0 Å². The van der Waals surface area contributed by atoms with Gasteiger partial charge in [-0.1, -0.05) is 35.9 Å². The molecule has 0 saturated carbocycles. The summed E-state index contributed by atoms with van der Waals surface area (Å²) in [6.07, 6.45) is -0.486. The molecule has 118 valence electrons. The maximum absolute atomic E-state index is 9.86. The van der Waals surface area contributed by atoms with Crippen molar-refractivity contribution in [2.24, 2.45) is 0 Å². The standard InChI is InChI=1S/C18H23NO3/c1-15-7-9-18(10-8-15)21-12-11-19-13-16(20)14-22-17-5-3-2-4-6-17/h2-10,16,19-20H,11-14H2,1H3/p+1/t16-/m0/s1. The van der Waals surface area contributed by atoms with E-state index < -0.39 is 6.10 Å². The van der Waals surface area contributed by atoms with Crippen molar-refractivity contribution in [3.05, 3.63) is 60.2 Å². The summed E-state index contributed by atoms with van der Waals surface area (Å²) in [6.45, 7) is 4.38. The third-order valence-corrected chi connectivity index (χ3v) is 3.24. The van der Waals surface area contributed by atoms with Crippen LogP contribution in [-0.4, -0.2) is 37.5 Å². The fraction of sp³-hybridized carbons (Fsp3) is 0.333. The number of aryl methyl sites for hydroxylation is 1. The van der Waals surface area contributed by atoms with Crippen molar-refractivity contribution in [1.82, 2.24) is 0 Å². The number of para-hydroxylation sites is 1. The molecule has 0 saturated heterocycles. The Labute approximate surface area is 131 Å². The highest BCUT2D eigenvalue weighted by atomic mass is 16.5. The Morgan fingerprint density at radius 1 is 0.955 bits per heavy atom. The highest BCUT2D eigenvalue weighted by Gasteiger charge is 2.07. The molecule has 22 heavy (non-hydrogen) atoms. The average Bonchev–Trinajstić information content (AvgIpc) is 2.55. The Bertz CT molecular complexity index is 528. The van der Waals surface area contributed by atoms with E-state index in [2.05, 4.69) is 6.92 Å². The van der Waals surface area contributed by atoms with Crippen LogP contribution in [0.2, 0.25) is 0 Å². The monoisotopic (exact) mass is 302 g/mol. The number of aliphatic hydroxyl groups excluding tert-OH is 1. The largest absolute Gasteiger partial charge is 0.491 e. The van der Waals surface area contributed by atoms with Crippen molar-refractivity contribution in [3.8, 4) is 11.5 Å². The minimum absolute atomic E-state index is 0.305. The first-order valence-electron chi connectivity index (χ1n) is 7.61. The Kier molecular flexibility index (Phi) is 6.74. The Morgan fingerprint density at radius 3 is 2.36 bits per heavy atom. The molecule has 0 radical (unpaired) electrons. The summed E-state index contributed by atoms with van der Waals surface area (Å²) in [5.41, 5.74) is 1.22. The van der Waals surface area contributed by atoms with E-state index in [-0.39, 0.29) is 0 Å². The molecule has 0 aliphatic carbocycles. The molecule has 2 aromatic rings. The molecule has 1 atom stereocenters. The van der Waals surface area contributed by atoms with E-state index in [0.717, 1.165) is 18.0 Å². The van der Waals surface area contributed by atoms with Gasteiger partial charge in [0.1, 0.15) is 43.9 Å². The van der Waals surface area contributed by atoms with Crippen LogP contribution < -0.4 is 14.8 Å². The Hall–Kier alpha value is -2.04. The third kappa shape index (κ3) is 6.16. The van der Waals surface area contributed by atoms with Crippen LogP contribution in [0.1, 0.15) is 5.56 Å². The zero-order chi connectivity index (χ0) is 15.6. The summed E-state index contributed by atoms with van der Waals surface area (Å²) in [5, 5.41) is 11.9. The molecule has 0 amide bonds. The van der Waals surface area contributed by atoms with E-state index in [0.29, 0.717) is 19.8 Å². The quantitative estimate of drug-likeness (QED) is 0.688. The average molecular weight is 302 g/mol. The van der Waals surface area contributed by atoms with Crippen LogP contribution in [0.4, 0.5) is 0 Å². The van der Waals surface area contributed by atoms with Gasteiger partial charge in [-0.2, -0.15) is 0 Å². The van der Waals surface area contributed by atoms with Gasteiger partial charge < -0.3 is 19.9 Å². The van der Waals surface area contributed by atoms with E-state index in [1.54, 1.807) is 0 Å². The van der Waals surface area contributed by atoms with Crippen LogP contribution in [0.3, 0.4) is 0 Å². The van der Waals surface area contributed by atoms with Gasteiger partial charge in [0.15, 0.2) is 0 Å². The molecule has 2 rings (SSSR count). The highest BCUT2D eigenvalue weighted by molar-refractivity contribution is 5.26. The van der Waals surface area contributed by atoms with Crippen molar-refractivity contribution in [2.75, 3.05) is 26.3 Å². The number of rotatable bonds is 9. The first kappa shape index (κ1) is 16.3. The van der Waals surface area contributed by atoms with Gasteiger partial charge in [-0.05, 0) is 31.2 Å². The smallest absolute Gasteiger partial charge is 0.137 e. The third-order valence-electron chi connectivity index (χ3n) is 3.24. The topological polar surface area (TPSA) is 55.3 Å². The minimum atomic E-state index is -0.486. The summed E-state index contributed by atoms with van der Waals surface area (Å²) in [5.74, 6) is 1.66. The van der Waals surface area contributed by atoms with Gasteiger partial charge in [0.2, 0.25) is 0 Å². The van der Waals surface area contributed by atoms with Gasteiger partial charge in [-0.3, -0.25) is 0 Å². The SMILES string of the molecule is Cc1ccc(OCC[NH2+]C[C@H](O)COc2ccccc2)cc1. The molecular weight excluding hydrogens is 278 g/mol. The lowest BCUT2D eigenvalue weighted by Gasteiger charge is -2.11. The maximum Gasteiger partial charge on any atom is 0.137 e. The van der Waals surface area contributed by atoms with Gasteiger partial charge in [0.25, 0.3) is 0 Å². The molecular formula is C18H24NO3+. The molecule has 2 aromatic carbocycles. The predicted molar refractivity (Wildman–Crippen MR) is 86.3 cm³/mol. The fourth-order valence-electron chi connectivity index (χ4n) is 1.98. The second kappa shape index (κ2) is 9.07. The summed E-state index contributed by atoms with van der Waals surface area (Å²) < 4.78 is 11.1. The normalized spacial score (nSPS) is 11.9. The predicted octanol–water partition coefficient (Wildman–Crippen LogP) is 1.38. The van der Waals surface area contributed by atoms with Gasteiger partial charge >= 0.3 is 0 Å². The molecule has 0 aliphatic rings. The van der Waals surface area contributed by atoms with Gasteiger partial charge in [-0.25, -0.2) is 0 Å². The number of hydrogen-bond donors (Lipinski definition) is 2. The van der Waals surface area contributed by atoms with Gasteiger partial charge in [0.05, 0.1) is 0 Å². The van der Waals surface area contributed by atoms with Crippen LogP contribution in [0.5, 0.6) is 11.5 Å². The molecule has 4 heteroatoms. The lowest BCUT2D eigenvalue weighted by molar-refractivity contribution is -0.661. The minimum Gasteiger partial charge on any atom is -0.491 e. The van der Waals surface area contributed by atoms with Crippen LogP contribution >= 0.6 is 0 Å². The number of ether oxygens (including phenoxy) is 2. The van der Waals surface area contributed by atoms with Crippen LogP contribution in [-0.2, 0) is 0 Å². The molecule has 3 N–H and O–H groups in total. The van der Waals surface area contributed by atoms with Crippen LogP contribution in [0.15, 0.2) is 54.6 Å². The van der Waals surface area contributed by atoms with Crippen molar-refractivity contribution < 1.29 is 19.9 Å². The zero-order valence-electron chi connectivity index (χ0n) is 12.9. The number of quaternary nitrogens is 1. The van der Waals surface area contributed by atoms with Crippen molar-refractivity contribution in [1.29, 1.82) is 0 Å². The molecule has 0 spiro atoms. The van der Waals surface area contributed by atoms with E-state index in [1.165, 1.54) is 5.56 Å². The molecule has 0 fully saturated rings. The van der Waals surface area contributed by atoms with E-state index in [4.69, 9.17) is 9.47 Å².